The predicted octanol–water partition coefficient (Wildman–Crippen LogP) is 3.81. The van der Waals surface area contributed by atoms with E-state index in [1.165, 1.54) is 6.07 Å². The lowest BCUT2D eigenvalue weighted by Gasteiger charge is -2.17. The third kappa shape index (κ3) is 4.78. The summed E-state index contributed by atoms with van der Waals surface area (Å²) in [5.74, 6) is 0.834. The standard InChI is InChI=1S/C21H21F2N3O3/c1-27-13-20-24-21(25-29-20)14-2-5-17(6-3-14)28-18-8-9-26(12-18)11-15-10-16(22)4-7-19(15)23/h2-7,10,18H,8-9,11-13H2,1H3. The molecule has 152 valence electrons. The first-order chi connectivity index (χ1) is 14.1. The van der Waals surface area contributed by atoms with Gasteiger partial charge in [-0.15, -0.1) is 0 Å². The van der Waals surface area contributed by atoms with Crippen LogP contribution in [0, 0.1) is 11.6 Å². The van der Waals surface area contributed by atoms with Crippen LogP contribution in [0.2, 0.25) is 0 Å². The molecule has 1 aliphatic heterocycles. The molecule has 0 radical (unpaired) electrons. The molecule has 1 fully saturated rings. The van der Waals surface area contributed by atoms with Gasteiger partial charge in [-0.3, -0.25) is 4.90 Å². The van der Waals surface area contributed by atoms with Crippen molar-refractivity contribution < 1.29 is 22.8 Å². The molecule has 29 heavy (non-hydrogen) atoms. The average molecular weight is 401 g/mol. The minimum atomic E-state index is -0.426. The fourth-order valence-electron chi connectivity index (χ4n) is 3.37. The lowest BCUT2D eigenvalue weighted by atomic mass is 10.2. The SMILES string of the molecule is COCc1nc(-c2ccc(OC3CCN(Cc4cc(F)ccc4F)C3)cc2)no1. The summed E-state index contributed by atoms with van der Waals surface area (Å²) < 4.78 is 43.3. The number of likely N-dealkylation sites (tertiary alicyclic amines) is 1. The van der Waals surface area contributed by atoms with Crippen LogP contribution >= 0.6 is 0 Å². The van der Waals surface area contributed by atoms with E-state index in [9.17, 15) is 8.78 Å². The molecule has 1 saturated heterocycles. The first kappa shape index (κ1) is 19.5. The summed E-state index contributed by atoms with van der Waals surface area (Å²) in [6.45, 7) is 2.06. The summed E-state index contributed by atoms with van der Waals surface area (Å²) in [4.78, 5) is 6.32. The lowest BCUT2D eigenvalue weighted by molar-refractivity contribution is 0.151. The Morgan fingerprint density at radius 3 is 2.79 bits per heavy atom. The Morgan fingerprint density at radius 1 is 1.17 bits per heavy atom. The summed E-state index contributed by atoms with van der Waals surface area (Å²) in [5, 5.41) is 3.93. The van der Waals surface area contributed by atoms with Gasteiger partial charge >= 0.3 is 0 Å². The van der Waals surface area contributed by atoms with Crippen LogP contribution in [0.3, 0.4) is 0 Å². The molecule has 1 aromatic heterocycles. The van der Waals surface area contributed by atoms with Crippen LogP contribution in [0.15, 0.2) is 47.0 Å². The van der Waals surface area contributed by atoms with Crippen molar-refractivity contribution in [3.8, 4) is 17.1 Å². The molecule has 1 unspecified atom stereocenters. The van der Waals surface area contributed by atoms with E-state index >= 15 is 0 Å². The van der Waals surface area contributed by atoms with Gasteiger partial charge in [0.1, 0.15) is 30.1 Å². The first-order valence-electron chi connectivity index (χ1n) is 9.35. The van der Waals surface area contributed by atoms with Gasteiger partial charge in [0.05, 0.1) is 0 Å². The molecule has 1 aliphatic rings. The minimum absolute atomic E-state index is 0.00375. The Balaban J connectivity index is 1.33. The minimum Gasteiger partial charge on any atom is -0.489 e. The van der Waals surface area contributed by atoms with E-state index in [4.69, 9.17) is 14.0 Å². The van der Waals surface area contributed by atoms with E-state index in [1.807, 2.05) is 24.3 Å². The smallest absolute Gasteiger partial charge is 0.252 e. The number of benzene rings is 2. The van der Waals surface area contributed by atoms with Crippen LogP contribution in [0.4, 0.5) is 8.78 Å². The average Bonchev–Trinajstić information content (AvgIpc) is 3.35. The third-order valence-corrected chi connectivity index (χ3v) is 4.78. The Bertz CT molecular complexity index is 962. The zero-order valence-corrected chi connectivity index (χ0v) is 16.0. The summed E-state index contributed by atoms with van der Waals surface area (Å²) in [6, 6.07) is 11.0. The summed E-state index contributed by atoms with van der Waals surface area (Å²) >= 11 is 0. The van der Waals surface area contributed by atoms with Crippen molar-refractivity contribution in [3.05, 3.63) is 65.6 Å². The van der Waals surface area contributed by atoms with Gasteiger partial charge in [0.25, 0.3) is 5.89 Å². The van der Waals surface area contributed by atoms with Crippen molar-refractivity contribution in [1.29, 1.82) is 0 Å². The maximum absolute atomic E-state index is 13.8. The van der Waals surface area contributed by atoms with Gasteiger partial charge in [-0.05, 0) is 48.9 Å². The van der Waals surface area contributed by atoms with Crippen LogP contribution in [-0.4, -0.2) is 41.3 Å². The second-order valence-corrected chi connectivity index (χ2v) is 6.97. The van der Waals surface area contributed by atoms with Crippen LogP contribution in [0.1, 0.15) is 17.9 Å². The Labute approximate surface area is 167 Å². The Kier molecular flexibility index (Phi) is 5.82. The van der Waals surface area contributed by atoms with E-state index in [-0.39, 0.29) is 18.5 Å². The van der Waals surface area contributed by atoms with Gasteiger partial charge in [-0.25, -0.2) is 8.78 Å². The van der Waals surface area contributed by atoms with Crippen LogP contribution in [-0.2, 0) is 17.9 Å². The molecule has 2 aromatic carbocycles. The summed E-state index contributed by atoms with van der Waals surface area (Å²) in [5.41, 5.74) is 1.18. The van der Waals surface area contributed by atoms with Crippen molar-refractivity contribution in [1.82, 2.24) is 15.0 Å². The molecule has 0 amide bonds. The highest BCUT2D eigenvalue weighted by Crippen LogP contribution is 2.24. The second-order valence-electron chi connectivity index (χ2n) is 6.97. The van der Waals surface area contributed by atoms with E-state index in [1.54, 1.807) is 7.11 Å². The second kappa shape index (κ2) is 8.67. The van der Waals surface area contributed by atoms with Crippen LogP contribution in [0.5, 0.6) is 5.75 Å². The number of methoxy groups -OCH3 is 1. The summed E-state index contributed by atoms with van der Waals surface area (Å²) in [6.07, 6.45) is 0.820. The van der Waals surface area contributed by atoms with Crippen LogP contribution < -0.4 is 4.74 Å². The van der Waals surface area contributed by atoms with Crippen LogP contribution in [0.25, 0.3) is 11.4 Å². The van der Waals surface area contributed by atoms with Gasteiger partial charge in [0.2, 0.25) is 5.82 Å². The number of nitrogens with zero attached hydrogens (tertiary/aromatic N) is 3. The van der Waals surface area contributed by atoms with E-state index < -0.39 is 5.82 Å². The predicted molar refractivity (Wildman–Crippen MR) is 101 cm³/mol. The Morgan fingerprint density at radius 2 is 2.00 bits per heavy atom. The number of aromatic nitrogens is 2. The number of halogens is 2. The normalized spacial score (nSPS) is 17.0. The molecule has 0 aliphatic carbocycles. The number of hydrogen-bond acceptors (Lipinski definition) is 6. The van der Waals surface area contributed by atoms with Crippen molar-refractivity contribution in [3.63, 3.8) is 0 Å². The Hall–Kier alpha value is -2.84. The quantitative estimate of drug-likeness (QED) is 0.600. The first-order valence-corrected chi connectivity index (χ1v) is 9.35. The fourth-order valence-corrected chi connectivity index (χ4v) is 3.37. The molecule has 8 heteroatoms. The molecule has 0 bridgehead atoms. The van der Waals surface area contributed by atoms with Gasteiger partial charge in [-0.2, -0.15) is 4.98 Å². The highest BCUT2D eigenvalue weighted by Gasteiger charge is 2.25. The molecule has 1 atom stereocenters. The van der Waals surface area contributed by atoms with Crippen molar-refractivity contribution in [2.45, 2.75) is 25.7 Å². The molecule has 3 aromatic rings. The lowest BCUT2D eigenvalue weighted by Crippen LogP contribution is -2.25. The largest absolute Gasteiger partial charge is 0.489 e. The topological polar surface area (TPSA) is 60.6 Å². The maximum Gasteiger partial charge on any atom is 0.252 e. The molecule has 0 N–H and O–H groups in total. The highest BCUT2D eigenvalue weighted by molar-refractivity contribution is 5.55. The van der Waals surface area contributed by atoms with Gasteiger partial charge in [0.15, 0.2) is 0 Å². The number of ether oxygens (including phenoxy) is 2. The molecular weight excluding hydrogens is 380 g/mol. The van der Waals surface area contributed by atoms with Crippen molar-refractivity contribution in [2.75, 3.05) is 20.2 Å². The zero-order valence-electron chi connectivity index (χ0n) is 16.0. The molecule has 4 rings (SSSR count). The summed E-state index contributed by atoms with van der Waals surface area (Å²) in [7, 11) is 1.56. The van der Waals surface area contributed by atoms with Gasteiger partial charge in [0, 0.05) is 37.9 Å². The van der Waals surface area contributed by atoms with E-state index in [2.05, 4.69) is 15.0 Å². The van der Waals surface area contributed by atoms with Crippen molar-refractivity contribution >= 4 is 0 Å². The number of hydrogen-bond donors (Lipinski definition) is 0. The molecular formula is C21H21F2N3O3. The molecule has 6 nitrogen and oxygen atoms in total. The van der Waals surface area contributed by atoms with E-state index in [0.717, 1.165) is 36.4 Å². The fraction of sp³-hybridized carbons (Fsp3) is 0.333. The van der Waals surface area contributed by atoms with Crippen molar-refractivity contribution in [2.24, 2.45) is 0 Å². The molecule has 0 spiro atoms. The third-order valence-electron chi connectivity index (χ3n) is 4.78. The molecule has 0 saturated carbocycles. The van der Waals surface area contributed by atoms with E-state index in [0.29, 0.717) is 30.4 Å². The highest BCUT2D eigenvalue weighted by atomic mass is 19.1. The number of rotatable bonds is 7. The monoisotopic (exact) mass is 401 g/mol. The zero-order chi connectivity index (χ0) is 20.2. The molecule has 2 heterocycles. The maximum atomic E-state index is 13.8. The van der Waals surface area contributed by atoms with Gasteiger partial charge in [-0.1, -0.05) is 5.16 Å². The van der Waals surface area contributed by atoms with Gasteiger partial charge < -0.3 is 14.0 Å².